The van der Waals surface area contributed by atoms with Crippen molar-refractivity contribution < 1.29 is 9.90 Å². The molecule has 0 radical (unpaired) electrons. The number of hydrogen-bond acceptors (Lipinski definition) is 1. The molecule has 2 nitrogen and oxygen atoms in total. The van der Waals surface area contributed by atoms with Gasteiger partial charge in [-0.1, -0.05) is 45.0 Å². The quantitative estimate of drug-likeness (QED) is 0.778. The standard InChI is InChI=1S/C21H32O2/c1-20(2,3)18-12-10-17(11-13-18)16-8-6-15(7-9-16)14-21(4,5)19(22)23/h6-9,17-18H,10-14H2,1-5H3,(H,22,23). The van der Waals surface area contributed by atoms with Crippen molar-refractivity contribution in [2.75, 3.05) is 0 Å². The van der Waals surface area contributed by atoms with Crippen molar-refractivity contribution in [3.05, 3.63) is 35.4 Å². The molecule has 1 aliphatic carbocycles. The predicted octanol–water partition coefficient (Wildman–Crippen LogP) is 5.66. The molecule has 0 bridgehead atoms. The summed E-state index contributed by atoms with van der Waals surface area (Å²) in [6, 6.07) is 8.68. The molecule has 0 saturated heterocycles. The molecule has 1 aromatic rings. The van der Waals surface area contributed by atoms with Crippen molar-refractivity contribution in [2.45, 2.75) is 72.6 Å². The molecule has 23 heavy (non-hydrogen) atoms. The molecule has 0 spiro atoms. The van der Waals surface area contributed by atoms with Crippen molar-refractivity contribution in [1.82, 2.24) is 0 Å². The van der Waals surface area contributed by atoms with Crippen molar-refractivity contribution in [2.24, 2.45) is 16.7 Å². The molecule has 2 rings (SSSR count). The Bertz CT molecular complexity index is 526. The van der Waals surface area contributed by atoms with E-state index in [1.54, 1.807) is 13.8 Å². The molecule has 0 atom stereocenters. The molecule has 2 heteroatoms. The van der Waals surface area contributed by atoms with Gasteiger partial charge in [-0.2, -0.15) is 0 Å². The first kappa shape index (κ1) is 18.0. The highest BCUT2D eigenvalue weighted by atomic mass is 16.4. The van der Waals surface area contributed by atoms with E-state index in [1.165, 1.54) is 31.2 Å². The van der Waals surface area contributed by atoms with E-state index < -0.39 is 11.4 Å². The molecule has 0 aromatic heterocycles. The fourth-order valence-corrected chi connectivity index (χ4v) is 3.79. The largest absolute Gasteiger partial charge is 0.481 e. The maximum atomic E-state index is 11.3. The third kappa shape index (κ3) is 4.59. The van der Waals surface area contributed by atoms with E-state index in [1.807, 2.05) is 0 Å². The van der Waals surface area contributed by atoms with Gasteiger partial charge in [0.1, 0.15) is 0 Å². The Labute approximate surface area is 141 Å². The Morgan fingerprint density at radius 3 is 1.96 bits per heavy atom. The Hall–Kier alpha value is -1.31. The summed E-state index contributed by atoms with van der Waals surface area (Å²) in [5, 5.41) is 9.25. The van der Waals surface area contributed by atoms with Gasteiger partial charge < -0.3 is 5.11 Å². The summed E-state index contributed by atoms with van der Waals surface area (Å²) in [4.78, 5) is 11.3. The van der Waals surface area contributed by atoms with Gasteiger partial charge in [-0.05, 0) is 74.3 Å². The second kappa shape index (κ2) is 6.67. The molecule has 1 fully saturated rings. The lowest BCUT2D eigenvalue weighted by Gasteiger charge is -2.37. The minimum Gasteiger partial charge on any atom is -0.481 e. The van der Waals surface area contributed by atoms with Crippen molar-refractivity contribution in [3.63, 3.8) is 0 Å². The summed E-state index contributed by atoms with van der Waals surface area (Å²) < 4.78 is 0. The summed E-state index contributed by atoms with van der Waals surface area (Å²) in [7, 11) is 0. The smallest absolute Gasteiger partial charge is 0.309 e. The van der Waals surface area contributed by atoms with Crippen LogP contribution in [0.15, 0.2) is 24.3 Å². The Kier molecular flexibility index (Phi) is 5.23. The maximum absolute atomic E-state index is 11.3. The van der Waals surface area contributed by atoms with Gasteiger partial charge in [0.15, 0.2) is 0 Å². The van der Waals surface area contributed by atoms with Gasteiger partial charge in [0.25, 0.3) is 0 Å². The molecule has 0 heterocycles. The van der Waals surface area contributed by atoms with E-state index in [0.29, 0.717) is 17.8 Å². The predicted molar refractivity (Wildman–Crippen MR) is 95.7 cm³/mol. The van der Waals surface area contributed by atoms with Crippen LogP contribution >= 0.6 is 0 Å². The normalized spacial score (nSPS) is 22.8. The Balaban J connectivity index is 1.97. The highest BCUT2D eigenvalue weighted by Crippen LogP contribution is 2.43. The van der Waals surface area contributed by atoms with Crippen molar-refractivity contribution >= 4 is 5.97 Å². The molecule has 1 aromatic carbocycles. The molecule has 1 N–H and O–H groups in total. The molecule has 0 unspecified atom stereocenters. The molecule has 0 amide bonds. The summed E-state index contributed by atoms with van der Waals surface area (Å²) >= 11 is 0. The molecular formula is C21H32O2. The number of aliphatic carboxylic acids is 1. The van der Waals surface area contributed by atoms with Gasteiger partial charge in [-0.25, -0.2) is 0 Å². The summed E-state index contributed by atoms with van der Waals surface area (Å²) in [6.07, 6.45) is 5.78. The second-order valence-electron chi connectivity index (χ2n) is 9.02. The van der Waals surface area contributed by atoms with E-state index in [2.05, 4.69) is 45.0 Å². The van der Waals surface area contributed by atoms with Crippen molar-refractivity contribution in [3.8, 4) is 0 Å². The monoisotopic (exact) mass is 316 g/mol. The van der Waals surface area contributed by atoms with Crippen LogP contribution in [0.4, 0.5) is 0 Å². The zero-order valence-electron chi connectivity index (χ0n) is 15.4. The van der Waals surface area contributed by atoms with Crippen LogP contribution in [0.1, 0.15) is 77.3 Å². The van der Waals surface area contributed by atoms with Crippen LogP contribution in [0.25, 0.3) is 0 Å². The Morgan fingerprint density at radius 2 is 1.52 bits per heavy atom. The SMILES string of the molecule is CC(C)(Cc1ccc(C2CCC(C(C)(C)C)CC2)cc1)C(=O)O. The van der Waals surface area contributed by atoms with Crippen molar-refractivity contribution in [1.29, 1.82) is 0 Å². The lowest BCUT2D eigenvalue weighted by atomic mass is 9.68. The topological polar surface area (TPSA) is 37.3 Å². The van der Waals surface area contributed by atoms with Crippen LogP contribution in [-0.2, 0) is 11.2 Å². The number of carbonyl (C=O) groups is 1. The average Bonchev–Trinajstić information content (AvgIpc) is 2.47. The fraction of sp³-hybridized carbons (Fsp3) is 0.667. The molecular weight excluding hydrogens is 284 g/mol. The van der Waals surface area contributed by atoms with E-state index in [-0.39, 0.29) is 0 Å². The minimum atomic E-state index is -0.734. The Morgan fingerprint density at radius 1 is 1.00 bits per heavy atom. The van der Waals surface area contributed by atoms with Gasteiger partial charge in [0.05, 0.1) is 5.41 Å². The highest BCUT2D eigenvalue weighted by molar-refractivity contribution is 5.74. The first-order valence-corrected chi connectivity index (χ1v) is 8.92. The minimum absolute atomic E-state index is 0.428. The van der Waals surface area contributed by atoms with Crippen LogP contribution in [-0.4, -0.2) is 11.1 Å². The summed E-state index contributed by atoms with van der Waals surface area (Å²) in [5.41, 5.74) is 2.27. The third-order valence-corrected chi connectivity index (χ3v) is 5.63. The van der Waals surface area contributed by atoms with Gasteiger partial charge >= 0.3 is 5.97 Å². The van der Waals surface area contributed by atoms with E-state index in [0.717, 1.165) is 11.5 Å². The maximum Gasteiger partial charge on any atom is 0.309 e. The first-order valence-electron chi connectivity index (χ1n) is 8.92. The number of carboxylic acid groups (broad SMARTS) is 1. The lowest BCUT2D eigenvalue weighted by molar-refractivity contribution is -0.146. The molecule has 0 aliphatic heterocycles. The lowest BCUT2D eigenvalue weighted by Crippen LogP contribution is -2.26. The molecule has 128 valence electrons. The number of rotatable bonds is 4. The zero-order chi connectivity index (χ0) is 17.3. The number of carboxylic acids is 1. The van der Waals surface area contributed by atoms with Gasteiger partial charge in [-0.15, -0.1) is 0 Å². The molecule has 1 aliphatic rings. The van der Waals surface area contributed by atoms with E-state index in [4.69, 9.17) is 0 Å². The van der Waals surface area contributed by atoms with E-state index in [9.17, 15) is 9.90 Å². The van der Waals surface area contributed by atoms with E-state index >= 15 is 0 Å². The average molecular weight is 316 g/mol. The van der Waals surface area contributed by atoms with Gasteiger partial charge in [0.2, 0.25) is 0 Å². The molecule has 1 saturated carbocycles. The van der Waals surface area contributed by atoms with Gasteiger partial charge in [0, 0.05) is 0 Å². The van der Waals surface area contributed by atoms with Crippen LogP contribution in [0.5, 0.6) is 0 Å². The highest BCUT2D eigenvalue weighted by Gasteiger charge is 2.30. The second-order valence-corrected chi connectivity index (χ2v) is 9.02. The van der Waals surface area contributed by atoms with Crippen LogP contribution < -0.4 is 0 Å². The van der Waals surface area contributed by atoms with Crippen LogP contribution in [0, 0.1) is 16.7 Å². The number of benzene rings is 1. The first-order chi connectivity index (χ1) is 10.6. The fourth-order valence-electron chi connectivity index (χ4n) is 3.79. The van der Waals surface area contributed by atoms with Crippen LogP contribution in [0.3, 0.4) is 0 Å². The van der Waals surface area contributed by atoms with Gasteiger partial charge in [-0.3, -0.25) is 4.79 Å². The summed E-state index contributed by atoms with van der Waals surface area (Å²) in [5.74, 6) is 0.784. The third-order valence-electron chi connectivity index (χ3n) is 5.63. The number of hydrogen-bond donors (Lipinski definition) is 1. The van der Waals surface area contributed by atoms with Crippen LogP contribution in [0.2, 0.25) is 0 Å². The summed E-state index contributed by atoms with van der Waals surface area (Å²) in [6.45, 7) is 10.7. The zero-order valence-corrected chi connectivity index (χ0v) is 15.4.